The number of aromatic nitrogens is 3. The van der Waals surface area contributed by atoms with Gasteiger partial charge in [-0.05, 0) is 40.0 Å². The average Bonchev–Trinajstić information content (AvgIpc) is 2.82. The molecule has 0 amide bonds. The third-order valence-corrected chi connectivity index (χ3v) is 3.28. The molecule has 1 heterocycles. The first kappa shape index (κ1) is 12.8. The molecule has 0 aliphatic heterocycles. The van der Waals surface area contributed by atoms with Crippen LogP contribution in [0.15, 0.2) is 35.3 Å². The van der Waals surface area contributed by atoms with E-state index < -0.39 is 11.9 Å². The number of carbonyl (C=O) groups is 1. The van der Waals surface area contributed by atoms with E-state index in [9.17, 15) is 4.79 Å². The van der Waals surface area contributed by atoms with E-state index in [1.807, 2.05) is 18.2 Å². The summed E-state index contributed by atoms with van der Waals surface area (Å²) in [4.78, 5) is 14.7. The molecular formula is C12H12BrN3O2. The highest BCUT2D eigenvalue weighted by atomic mass is 79.9. The number of hydrogen-bond donors (Lipinski definition) is 1. The van der Waals surface area contributed by atoms with Gasteiger partial charge in [-0.3, -0.25) is 4.79 Å². The molecule has 1 aromatic carbocycles. The second-order valence-corrected chi connectivity index (χ2v) is 4.92. The zero-order valence-corrected chi connectivity index (χ0v) is 11.3. The maximum absolute atomic E-state index is 10.8. The Labute approximate surface area is 113 Å². The minimum Gasteiger partial charge on any atom is -0.481 e. The summed E-state index contributed by atoms with van der Waals surface area (Å²) in [6.07, 6.45) is 3.58. The summed E-state index contributed by atoms with van der Waals surface area (Å²) in [5.74, 6) is -1.18. The van der Waals surface area contributed by atoms with Gasteiger partial charge in [0.2, 0.25) is 0 Å². The van der Waals surface area contributed by atoms with Crippen LogP contribution in [0, 0.1) is 5.92 Å². The molecule has 2 aromatic rings. The predicted molar refractivity (Wildman–Crippen MR) is 69.6 cm³/mol. The molecule has 0 radical (unpaired) electrons. The molecule has 5 nitrogen and oxygen atoms in total. The number of carboxylic acid groups (broad SMARTS) is 1. The van der Waals surface area contributed by atoms with Gasteiger partial charge in [0, 0.05) is 4.47 Å². The van der Waals surface area contributed by atoms with Gasteiger partial charge in [0.15, 0.2) is 0 Å². The van der Waals surface area contributed by atoms with Crippen molar-refractivity contribution in [3.05, 3.63) is 40.9 Å². The van der Waals surface area contributed by atoms with Crippen molar-refractivity contribution in [3.8, 4) is 5.69 Å². The topological polar surface area (TPSA) is 68.0 Å². The third kappa shape index (κ3) is 2.76. The van der Waals surface area contributed by atoms with Crippen molar-refractivity contribution in [1.82, 2.24) is 14.8 Å². The number of aliphatic carboxylic acids is 1. The van der Waals surface area contributed by atoms with Crippen molar-refractivity contribution in [1.29, 1.82) is 0 Å². The zero-order valence-electron chi connectivity index (χ0n) is 9.75. The van der Waals surface area contributed by atoms with Crippen LogP contribution in [0.2, 0.25) is 0 Å². The Morgan fingerprint density at radius 1 is 1.56 bits per heavy atom. The van der Waals surface area contributed by atoms with Crippen LogP contribution in [0.1, 0.15) is 12.5 Å². The Bertz CT molecular complexity index is 554. The van der Waals surface area contributed by atoms with Gasteiger partial charge in [0.25, 0.3) is 0 Å². The first-order valence-electron chi connectivity index (χ1n) is 5.44. The second-order valence-electron chi connectivity index (χ2n) is 4.07. The number of halogens is 1. The Morgan fingerprint density at radius 3 is 2.89 bits per heavy atom. The molecule has 0 saturated carbocycles. The van der Waals surface area contributed by atoms with Crippen molar-refractivity contribution in [2.75, 3.05) is 0 Å². The van der Waals surface area contributed by atoms with E-state index in [-0.39, 0.29) is 0 Å². The highest BCUT2D eigenvalue weighted by Gasteiger charge is 2.12. The van der Waals surface area contributed by atoms with Gasteiger partial charge in [0.05, 0.1) is 11.6 Å². The molecule has 0 saturated heterocycles. The Balaban J connectivity index is 2.23. The molecule has 0 aliphatic carbocycles. The van der Waals surface area contributed by atoms with Crippen LogP contribution in [0.3, 0.4) is 0 Å². The number of carboxylic acids is 1. The molecule has 2 rings (SSSR count). The maximum atomic E-state index is 10.8. The molecule has 94 valence electrons. The van der Waals surface area contributed by atoms with Crippen molar-refractivity contribution < 1.29 is 9.90 Å². The molecule has 18 heavy (non-hydrogen) atoms. The quantitative estimate of drug-likeness (QED) is 0.941. The van der Waals surface area contributed by atoms with Crippen LogP contribution in [0.5, 0.6) is 0 Å². The van der Waals surface area contributed by atoms with Crippen LogP contribution >= 0.6 is 15.9 Å². The Kier molecular flexibility index (Phi) is 3.76. The van der Waals surface area contributed by atoms with Crippen LogP contribution < -0.4 is 0 Å². The number of rotatable bonds is 4. The van der Waals surface area contributed by atoms with E-state index in [0.717, 1.165) is 15.7 Å². The molecule has 0 bridgehead atoms. The van der Waals surface area contributed by atoms with Gasteiger partial charge in [0.1, 0.15) is 12.7 Å². The summed E-state index contributed by atoms with van der Waals surface area (Å²) in [6.45, 7) is 1.70. The molecule has 0 aliphatic rings. The van der Waals surface area contributed by atoms with Crippen LogP contribution in [0.4, 0.5) is 0 Å². The van der Waals surface area contributed by atoms with Crippen LogP contribution in [0.25, 0.3) is 5.69 Å². The van der Waals surface area contributed by atoms with Gasteiger partial charge < -0.3 is 5.11 Å². The lowest BCUT2D eigenvalue weighted by molar-refractivity contribution is -0.141. The number of nitrogens with zero attached hydrogens (tertiary/aromatic N) is 3. The summed E-state index contributed by atoms with van der Waals surface area (Å²) in [5, 5.41) is 12.9. The van der Waals surface area contributed by atoms with Crippen molar-refractivity contribution in [3.63, 3.8) is 0 Å². The van der Waals surface area contributed by atoms with Crippen molar-refractivity contribution in [2.45, 2.75) is 13.3 Å². The second kappa shape index (κ2) is 5.30. The number of hydrogen-bond acceptors (Lipinski definition) is 3. The fraction of sp³-hybridized carbons (Fsp3) is 0.250. The average molecular weight is 310 g/mol. The molecule has 1 N–H and O–H groups in total. The molecule has 0 fully saturated rings. The third-order valence-electron chi connectivity index (χ3n) is 2.64. The lowest BCUT2D eigenvalue weighted by Gasteiger charge is -2.09. The Hall–Kier alpha value is -1.69. The van der Waals surface area contributed by atoms with Crippen LogP contribution in [-0.4, -0.2) is 25.8 Å². The normalized spacial score (nSPS) is 12.3. The summed E-state index contributed by atoms with van der Waals surface area (Å²) in [7, 11) is 0. The lowest BCUT2D eigenvalue weighted by Crippen LogP contribution is -2.12. The van der Waals surface area contributed by atoms with E-state index in [2.05, 4.69) is 26.0 Å². The fourth-order valence-corrected chi connectivity index (χ4v) is 2.24. The molecule has 1 atom stereocenters. The van der Waals surface area contributed by atoms with Gasteiger partial charge >= 0.3 is 5.97 Å². The number of benzene rings is 1. The first-order valence-corrected chi connectivity index (χ1v) is 6.23. The zero-order chi connectivity index (χ0) is 13.1. The molecule has 6 heteroatoms. The lowest BCUT2D eigenvalue weighted by atomic mass is 10.0. The van der Waals surface area contributed by atoms with Gasteiger partial charge in [-0.25, -0.2) is 9.67 Å². The standard InChI is InChI=1S/C12H12BrN3O2/c1-8(12(17)18)4-9-2-3-11(10(13)5-9)16-7-14-6-15-16/h2-3,5-8H,4H2,1H3,(H,17,18). The highest BCUT2D eigenvalue weighted by molar-refractivity contribution is 9.10. The molecule has 0 spiro atoms. The summed E-state index contributed by atoms with van der Waals surface area (Å²) in [6, 6.07) is 5.71. The van der Waals surface area contributed by atoms with Gasteiger partial charge in [-0.15, -0.1) is 0 Å². The summed E-state index contributed by atoms with van der Waals surface area (Å²) >= 11 is 3.46. The fourth-order valence-electron chi connectivity index (χ4n) is 1.64. The minimum atomic E-state index is -0.786. The SMILES string of the molecule is CC(Cc1ccc(-n2cncn2)c(Br)c1)C(=O)O. The van der Waals surface area contributed by atoms with Crippen molar-refractivity contribution in [2.24, 2.45) is 5.92 Å². The summed E-state index contributed by atoms with van der Waals surface area (Å²) in [5.41, 5.74) is 1.85. The predicted octanol–water partition coefficient (Wildman–Crippen LogP) is 2.29. The molecule has 1 unspecified atom stereocenters. The van der Waals surface area contributed by atoms with Crippen LogP contribution in [-0.2, 0) is 11.2 Å². The smallest absolute Gasteiger partial charge is 0.306 e. The molecule has 1 aromatic heterocycles. The summed E-state index contributed by atoms with van der Waals surface area (Å²) < 4.78 is 2.51. The van der Waals surface area contributed by atoms with Crippen molar-refractivity contribution >= 4 is 21.9 Å². The monoisotopic (exact) mass is 309 g/mol. The van der Waals surface area contributed by atoms with E-state index >= 15 is 0 Å². The van der Waals surface area contributed by atoms with Gasteiger partial charge in [-0.1, -0.05) is 13.0 Å². The van der Waals surface area contributed by atoms with Gasteiger partial charge in [-0.2, -0.15) is 5.10 Å². The minimum absolute atomic E-state index is 0.394. The molecular weight excluding hydrogens is 298 g/mol. The maximum Gasteiger partial charge on any atom is 0.306 e. The van der Waals surface area contributed by atoms with E-state index in [1.54, 1.807) is 17.9 Å². The van der Waals surface area contributed by atoms with E-state index in [4.69, 9.17) is 5.11 Å². The van der Waals surface area contributed by atoms with E-state index in [0.29, 0.717) is 6.42 Å². The first-order chi connectivity index (χ1) is 8.58. The Morgan fingerprint density at radius 2 is 2.33 bits per heavy atom. The largest absolute Gasteiger partial charge is 0.481 e. The van der Waals surface area contributed by atoms with E-state index in [1.165, 1.54) is 6.33 Å². The highest BCUT2D eigenvalue weighted by Crippen LogP contribution is 2.23.